The van der Waals surface area contributed by atoms with Crippen molar-refractivity contribution in [1.29, 1.82) is 0 Å². The number of amides is 1. The Morgan fingerprint density at radius 3 is 2.79 bits per heavy atom. The Balaban J connectivity index is 1.39. The molecule has 1 unspecified atom stereocenters. The number of nitrogens with one attached hydrogen (secondary N) is 2. The molecule has 1 amide bonds. The first kappa shape index (κ1) is 19.1. The van der Waals surface area contributed by atoms with Crippen LogP contribution in [0.2, 0.25) is 5.02 Å². The van der Waals surface area contributed by atoms with Crippen molar-refractivity contribution in [1.82, 2.24) is 5.32 Å². The minimum absolute atomic E-state index is 0.0520. The minimum atomic E-state index is 0.0520. The molecule has 2 heterocycles. The van der Waals surface area contributed by atoms with E-state index in [9.17, 15) is 4.79 Å². The van der Waals surface area contributed by atoms with E-state index in [1.54, 1.807) is 0 Å². The molecule has 2 aromatic rings. The third kappa shape index (κ3) is 4.42. The molecular weight excluding hydrogens is 376 g/mol. The van der Waals surface area contributed by atoms with Crippen LogP contribution in [0, 0.1) is 0 Å². The van der Waals surface area contributed by atoms with E-state index in [4.69, 9.17) is 21.1 Å². The Kier molecular flexibility index (Phi) is 6.03. The van der Waals surface area contributed by atoms with Crippen LogP contribution in [0.1, 0.15) is 36.4 Å². The van der Waals surface area contributed by atoms with Crippen molar-refractivity contribution in [2.75, 3.05) is 26.3 Å². The lowest BCUT2D eigenvalue weighted by Gasteiger charge is -2.22. The lowest BCUT2D eigenvalue weighted by Crippen LogP contribution is -3.11. The number of ether oxygens (including phenoxy) is 2. The minimum Gasteiger partial charge on any atom is -0.490 e. The van der Waals surface area contributed by atoms with Gasteiger partial charge in [0.05, 0.1) is 19.8 Å². The highest BCUT2D eigenvalue weighted by Crippen LogP contribution is 2.33. The van der Waals surface area contributed by atoms with Crippen molar-refractivity contribution in [3.05, 3.63) is 58.6 Å². The molecule has 5 nitrogen and oxygen atoms in total. The van der Waals surface area contributed by atoms with Crippen molar-refractivity contribution in [2.24, 2.45) is 0 Å². The number of quaternary nitrogens is 1. The quantitative estimate of drug-likeness (QED) is 0.809. The number of benzene rings is 2. The summed E-state index contributed by atoms with van der Waals surface area (Å²) in [5, 5.41) is 3.69. The fourth-order valence-corrected chi connectivity index (χ4v) is 4.23. The van der Waals surface area contributed by atoms with E-state index in [-0.39, 0.29) is 5.91 Å². The van der Waals surface area contributed by atoms with Gasteiger partial charge >= 0.3 is 0 Å². The summed E-state index contributed by atoms with van der Waals surface area (Å²) in [4.78, 5) is 13.8. The molecule has 2 atom stereocenters. The molecule has 0 spiro atoms. The maximum absolute atomic E-state index is 12.5. The summed E-state index contributed by atoms with van der Waals surface area (Å²) in [7, 11) is 0. The summed E-state index contributed by atoms with van der Waals surface area (Å²) in [6.07, 6.45) is 3.09. The van der Waals surface area contributed by atoms with Crippen LogP contribution < -0.4 is 19.7 Å². The summed E-state index contributed by atoms with van der Waals surface area (Å²) in [5.41, 5.74) is 2.16. The van der Waals surface area contributed by atoms with Gasteiger partial charge in [0.2, 0.25) is 0 Å². The van der Waals surface area contributed by atoms with Crippen LogP contribution in [0.5, 0.6) is 11.5 Å². The van der Waals surface area contributed by atoms with E-state index < -0.39 is 0 Å². The highest BCUT2D eigenvalue weighted by molar-refractivity contribution is 6.31. The van der Waals surface area contributed by atoms with Crippen molar-refractivity contribution in [3.8, 4) is 11.5 Å². The van der Waals surface area contributed by atoms with Crippen LogP contribution in [0.15, 0.2) is 42.5 Å². The molecule has 0 bridgehead atoms. The number of carbonyl (C=O) groups excluding carboxylic acids is 1. The molecule has 1 fully saturated rings. The van der Waals surface area contributed by atoms with Crippen LogP contribution in [0.25, 0.3) is 0 Å². The summed E-state index contributed by atoms with van der Waals surface area (Å²) < 4.78 is 11.6. The average molecular weight is 402 g/mol. The Bertz CT molecular complexity index is 842. The molecule has 28 heavy (non-hydrogen) atoms. The normalized spacial score (nSPS) is 21.2. The summed E-state index contributed by atoms with van der Waals surface area (Å²) in [6, 6.07) is 14.1. The fraction of sp³-hybridized carbons (Fsp3) is 0.409. The van der Waals surface area contributed by atoms with Crippen LogP contribution in [-0.4, -0.2) is 32.2 Å². The zero-order valence-electron chi connectivity index (χ0n) is 15.9. The van der Waals surface area contributed by atoms with Gasteiger partial charge in [0.15, 0.2) is 18.0 Å². The summed E-state index contributed by atoms with van der Waals surface area (Å²) >= 11 is 6.17. The van der Waals surface area contributed by atoms with Gasteiger partial charge < -0.3 is 19.7 Å². The highest BCUT2D eigenvalue weighted by atomic mass is 35.5. The molecule has 2 aromatic carbocycles. The van der Waals surface area contributed by atoms with Gasteiger partial charge in [-0.15, -0.1) is 0 Å². The average Bonchev–Trinajstić information content (AvgIpc) is 3.02. The van der Waals surface area contributed by atoms with Crippen LogP contribution in [0.3, 0.4) is 0 Å². The monoisotopic (exact) mass is 401 g/mol. The Hall–Kier alpha value is -2.24. The first-order valence-corrected chi connectivity index (χ1v) is 10.3. The largest absolute Gasteiger partial charge is 0.490 e. The molecule has 0 saturated carbocycles. The van der Waals surface area contributed by atoms with Gasteiger partial charge in [0, 0.05) is 36.4 Å². The Morgan fingerprint density at radius 2 is 1.93 bits per heavy atom. The van der Waals surface area contributed by atoms with Crippen molar-refractivity contribution in [3.63, 3.8) is 0 Å². The molecule has 0 radical (unpaired) electrons. The second-order valence-electron chi connectivity index (χ2n) is 7.40. The predicted molar refractivity (Wildman–Crippen MR) is 108 cm³/mol. The van der Waals surface area contributed by atoms with Crippen molar-refractivity contribution >= 4 is 17.5 Å². The van der Waals surface area contributed by atoms with E-state index in [1.807, 2.05) is 30.3 Å². The zero-order chi connectivity index (χ0) is 19.3. The van der Waals surface area contributed by atoms with Gasteiger partial charge in [-0.3, -0.25) is 4.79 Å². The number of rotatable bonds is 5. The number of halogens is 1. The van der Waals surface area contributed by atoms with Gasteiger partial charge in [-0.05, 0) is 29.8 Å². The van der Waals surface area contributed by atoms with E-state index in [0.717, 1.165) is 42.9 Å². The number of hydrogen-bond acceptors (Lipinski definition) is 3. The molecular formula is C22H26ClN2O3+. The lowest BCUT2D eigenvalue weighted by atomic mass is 10.0. The maximum atomic E-state index is 12.5. The van der Waals surface area contributed by atoms with Gasteiger partial charge in [0.25, 0.3) is 5.91 Å². The van der Waals surface area contributed by atoms with Gasteiger partial charge in [-0.25, -0.2) is 0 Å². The third-order valence-electron chi connectivity index (χ3n) is 5.48. The highest BCUT2D eigenvalue weighted by Gasteiger charge is 2.32. The standard InChI is InChI=1S/C22H25ClN2O3/c23-18-6-2-1-5-17(18)14-24-22(26)15-25-10-3-7-19(25)16-8-9-20-21(13-16)28-12-4-11-27-20/h1-2,5-6,8-9,13,19H,3-4,7,10-12,14-15H2,(H,24,26)/p+1/t19-/m0/s1. The van der Waals surface area contributed by atoms with E-state index >= 15 is 0 Å². The van der Waals surface area contributed by atoms with Crippen molar-refractivity contribution < 1.29 is 19.2 Å². The molecule has 2 aliphatic rings. The van der Waals surface area contributed by atoms with Crippen molar-refractivity contribution in [2.45, 2.75) is 31.8 Å². The zero-order valence-corrected chi connectivity index (χ0v) is 16.6. The molecule has 4 rings (SSSR count). The topological polar surface area (TPSA) is 52.0 Å². The van der Waals surface area contributed by atoms with Crippen LogP contribution in [0.4, 0.5) is 0 Å². The summed E-state index contributed by atoms with van der Waals surface area (Å²) in [5.74, 6) is 1.69. The van der Waals surface area contributed by atoms with Gasteiger partial charge in [0.1, 0.15) is 6.04 Å². The number of carbonyl (C=O) groups is 1. The van der Waals surface area contributed by atoms with Gasteiger partial charge in [-0.1, -0.05) is 29.8 Å². The molecule has 0 aliphatic carbocycles. The molecule has 2 N–H and O–H groups in total. The van der Waals surface area contributed by atoms with E-state index in [0.29, 0.717) is 37.4 Å². The second-order valence-corrected chi connectivity index (χ2v) is 7.81. The smallest absolute Gasteiger partial charge is 0.275 e. The first-order chi connectivity index (χ1) is 13.7. The van der Waals surface area contributed by atoms with Gasteiger partial charge in [-0.2, -0.15) is 0 Å². The first-order valence-electron chi connectivity index (χ1n) is 9.95. The maximum Gasteiger partial charge on any atom is 0.275 e. The van der Waals surface area contributed by atoms with E-state index in [1.165, 1.54) is 10.5 Å². The fourth-order valence-electron chi connectivity index (χ4n) is 4.03. The Morgan fingerprint density at radius 1 is 1.11 bits per heavy atom. The number of likely N-dealkylation sites (tertiary alicyclic amines) is 1. The second kappa shape index (κ2) is 8.84. The van der Waals surface area contributed by atoms with Crippen LogP contribution in [-0.2, 0) is 11.3 Å². The molecule has 2 aliphatic heterocycles. The van der Waals surface area contributed by atoms with Crippen LogP contribution >= 0.6 is 11.6 Å². The molecule has 1 saturated heterocycles. The molecule has 0 aromatic heterocycles. The number of hydrogen-bond donors (Lipinski definition) is 2. The number of fused-ring (bicyclic) bond motifs is 1. The van der Waals surface area contributed by atoms with E-state index in [2.05, 4.69) is 17.4 Å². The molecule has 6 heteroatoms. The lowest BCUT2D eigenvalue weighted by molar-refractivity contribution is -0.910. The SMILES string of the molecule is O=C(C[NH+]1CCC[C@H]1c1ccc2c(c1)OCCCO2)NCc1ccccc1Cl. The molecule has 148 valence electrons. The predicted octanol–water partition coefficient (Wildman–Crippen LogP) is 2.54. The Labute approximate surface area is 170 Å². The summed E-state index contributed by atoms with van der Waals surface area (Å²) in [6.45, 7) is 3.30. The third-order valence-corrected chi connectivity index (χ3v) is 5.85.